The highest BCUT2D eigenvalue weighted by atomic mass is 35.5. The number of aryl methyl sites for hydroxylation is 1. The number of aromatic nitrogens is 3. The second-order valence-electron chi connectivity index (χ2n) is 6.02. The van der Waals surface area contributed by atoms with Crippen molar-refractivity contribution in [3.8, 4) is 5.82 Å². The largest absolute Gasteiger partial charge is 0.308 e. The van der Waals surface area contributed by atoms with E-state index in [1.165, 1.54) is 0 Å². The van der Waals surface area contributed by atoms with E-state index in [9.17, 15) is 0 Å². The van der Waals surface area contributed by atoms with Crippen LogP contribution in [0.4, 0.5) is 0 Å². The summed E-state index contributed by atoms with van der Waals surface area (Å²) in [6.45, 7) is 11.1. The summed E-state index contributed by atoms with van der Waals surface area (Å²) in [4.78, 5) is 4.47. The normalized spacial score (nSPS) is 11.9. The molecule has 0 aliphatic rings. The number of pyridine rings is 1. The Balaban J connectivity index is 2.18. The molecule has 0 radical (unpaired) electrons. The second-order valence-corrected chi connectivity index (χ2v) is 6.40. The first kappa shape index (κ1) is 15.0. The van der Waals surface area contributed by atoms with Crippen molar-refractivity contribution in [3.05, 3.63) is 40.3 Å². The summed E-state index contributed by atoms with van der Waals surface area (Å²) in [5.41, 5.74) is 2.99. The van der Waals surface area contributed by atoms with E-state index in [1.54, 1.807) is 4.68 Å². The van der Waals surface area contributed by atoms with Gasteiger partial charge in [-0.25, -0.2) is 9.67 Å². The number of nitrogens with zero attached hydrogens (tertiary/aromatic N) is 3. The Bertz CT molecular complexity index is 594. The Kier molecular flexibility index (Phi) is 4.16. The van der Waals surface area contributed by atoms with Crippen LogP contribution in [-0.4, -0.2) is 20.3 Å². The number of halogens is 1. The summed E-state index contributed by atoms with van der Waals surface area (Å²) < 4.78 is 1.78. The molecule has 0 spiro atoms. The number of rotatable bonds is 3. The Labute approximate surface area is 125 Å². The van der Waals surface area contributed by atoms with E-state index in [-0.39, 0.29) is 5.54 Å². The van der Waals surface area contributed by atoms with Gasteiger partial charge in [0.1, 0.15) is 0 Å². The molecular formula is C15H21ClN4. The van der Waals surface area contributed by atoms with E-state index in [2.05, 4.69) is 42.2 Å². The van der Waals surface area contributed by atoms with Crippen molar-refractivity contribution < 1.29 is 0 Å². The lowest BCUT2D eigenvalue weighted by Crippen LogP contribution is -2.35. The molecule has 0 saturated heterocycles. The van der Waals surface area contributed by atoms with Crippen LogP contribution in [0, 0.1) is 13.8 Å². The smallest absolute Gasteiger partial charge is 0.153 e. The van der Waals surface area contributed by atoms with Crippen LogP contribution < -0.4 is 5.32 Å². The molecule has 20 heavy (non-hydrogen) atoms. The van der Waals surface area contributed by atoms with Crippen molar-refractivity contribution in [1.29, 1.82) is 0 Å². The van der Waals surface area contributed by atoms with Gasteiger partial charge in [0.15, 0.2) is 5.82 Å². The average Bonchev–Trinajstić information content (AvgIpc) is 2.64. The van der Waals surface area contributed by atoms with Crippen molar-refractivity contribution in [2.75, 3.05) is 0 Å². The lowest BCUT2D eigenvalue weighted by Gasteiger charge is -2.20. The third-order valence-electron chi connectivity index (χ3n) is 3.05. The summed E-state index contributed by atoms with van der Waals surface area (Å²) in [6.07, 6.45) is 1.87. The van der Waals surface area contributed by atoms with Gasteiger partial charge in [0.2, 0.25) is 0 Å². The summed E-state index contributed by atoms with van der Waals surface area (Å²) in [5, 5.41) is 8.54. The van der Waals surface area contributed by atoms with Gasteiger partial charge in [0.05, 0.1) is 16.4 Å². The zero-order chi connectivity index (χ0) is 14.9. The molecule has 0 aliphatic carbocycles. The molecular weight excluding hydrogens is 272 g/mol. The quantitative estimate of drug-likeness (QED) is 0.942. The molecule has 4 nitrogen and oxygen atoms in total. The minimum atomic E-state index is 0.0991. The van der Waals surface area contributed by atoms with Crippen LogP contribution in [0.2, 0.25) is 5.02 Å². The number of hydrogen-bond donors (Lipinski definition) is 1. The maximum Gasteiger partial charge on any atom is 0.153 e. The molecule has 0 unspecified atom stereocenters. The van der Waals surface area contributed by atoms with Gasteiger partial charge in [0, 0.05) is 18.3 Å². The lowest BCUT2D eigenvalue weighted by molar-refractivity contribution is 0.424. The lowest BCUT2D eigenvalue weighted by atomic mass is 10.1. The summed E-state index contributed by atoms with van der Waals surface area (Å²) in [5.74, 6) is 0.789. The van der Waals surface area contributed by atoms with Crippen LogP contribution >= 0.6 is 11.6 Å². The maximum atomic E-state index is 6.16. The first-order valence-corrected chi connectivity index (χ1v) is 7.08. The van der Waals surface area contributed by atoms with Crippen LogP contribution in [0.15, 0.2) is 18.3 Å². The van der Waals surface area contributed by atoms with Crippen LogP contribution in [0.1, 0.15) is 37.7 Å². The number of hydrogen-bond acceptors (Lipinski definition) is 3. The molecule has 0 atom stereocenters. The zero-order valence-electron chi connectivity index (χ0n) is 12.7. The molecule has 0 aromatic carbocycles. The first-order chi connectivity index (χ1) is 9.28. The van der Waals surface area contributed by atoms with Gasteiger partial charge >= 0.3 is 0 Å². The summed E-state index contributed by atoms with van der Waals surface area (Å²) in [7, 11) is 0. The SMILES string of the molecule is Cc1nn(-c2ccc(CNC(C)(C)C)cn2)c(C)c1Cl. The molecule has 108 valence electrons. The Morgan fingerprint density at radius 3 is 2.40 bits per heavy atom. The van der Waals surface area contributed by atoms with Crippen molar-refractivity contribution in [3.63, 3.8) is 0 Å². The van der Waals surface area contributed by atoms with E-state index < -0.39 is 0 Å². The molecule has 0 saturated carbocycles. The van der Waals surface area contributed by atoms with E-state index in [4.69, 9.17) is 11.6 Å². The predicted octanol–water partition coefficient (Wildman–Crippen LogP) is 3.43. The molecule has 0 aliphatic heterocycles. The molecule has 0 fully saturated rings. The van der Waals surface area contributed by atoms with E-state index in [0.29, 0.717) is 5.02 Å². The van der Waals surface area contributed by atoms with Crippen molar-refractivity contribution >= 4 is 11.6 Å². The first-order valence-electron chi connectivity index (χ1n) is 6.70. The minimum absolute atomic E-state index is 0.0991. The van der Waals surface area contributed by atoms with Crippen molar-refractivity contribution in [2.45, 2.75) is 46.7 Å². The fourth-order valence-corrected chi connectivity index (χ4v) is 1.98. The van der Waals surface area contributed by atoms with Gasteiger partial charge in [-0.05, 0) is 46.2 Å². The molecule has 2 aromatic heterocycles. The van der Waals surface area contributed by atoms with Gasteiger partial charge in [-0.3, -0.25) is 0 Å². The third kappa shape index (κ3) is 3.38. The molecule has 0 amide bonds. The van der Waals surface area contributed by atoms with E-state index in [0.717, 1.165) is 29.3 Å². The van der Waals surface area contributed by atoms with Crippen LogP contribution in [0.3, 0.4) is 0 Å². The molecule has 2 heterocycles. The van der Waals surface area contributed by atoms with Crippen molar-refractivity contribution in [1.82, 2.24) is 20.1 Å². The fraction of sp³-hybridized carbons (Fsp3) is 0.467. The van der Waals surface area contributed by atoms with Gasteiger partial charge in [-0.15, -0.1) is 0 Å². The van der Waals surface area contributed by atoms with Crippen LogP contribution in [0.25, 0.3) is 5.82 Å². The highest BCUT2D eigenvalue weighted by Gasteiger charge is 2.12. The van der Waals surface area contributed by atoms with Crippen LogP contribution in [0.5, 0.6) is 0 Å². The Morgan fingerprint density at radius 1 is 1.25 bits per heavy atom. The number of nitrogens with one attached hydrogen (secondary N) is 1. The average molecular weight is 293 g/mol. The van der Waals surface area contributed by atoms with E-state index in [1.807, 2.05) is 26.1 Å². The third-order valence-corrected chi connectivity index (χ3v) is 3.60. The monoisotopic (exact) mass is 292 g/mol. The van der Waals surface area contributed by atoms with Crippen LogP contribution in [-0.2, 0) is 6.54 Å². The molecule has 5 heteroatoms. The Morgan fingerprint density at radius 2 is 1.95 bits per heavy atom. The molecule has 2 aromatic rings. The summed E-state index contributed by atoms with van der Waals surface area (Å²) in [6, 6.07) is 4.03. The second kappa shape index (κ2) is 5.54. The topological polar surface area (TPSA) is 42.7 Å². The molecule has 0 bridgehead atoms. The molecule has 2 rings (SSSR count). The highest BCUT2D eigenvalue weighted by Crippen LogP contribution is 2.21. The predicted molar refractivity (Wildman–Crippen MR) is 82.4 cm³/mol. The van der Waals surface area contributed by atoms with Gasteiger partial charge in [-0.1, -0.05) is 17.7 Å². The van der Waals surface area contributed by atoms with Gasteiger partial charge in [-0.2, -0.15) is 5.10 Å². The minimum Gasteiger partial charge on any atom is -0.308 e. The summed E-state index contributed by atoms with van der Waals surface area (Å²) >= 11 is 6.16. The zero-order valence-corrected chi connectivity index (χ0v) is 13.4. The van der Waals surface area contributed by atoms with Crippen molar-refractivity contribution in [2.24, 2.45) is 0 Å². The standard InChI is InChI=1S/C15H21ClN4/c1-10-14(16)11(2)20(19-10)13-7-6-12(8-17-13)9-18-15(3,4)5/h6-8,18H,9H2,1-5H3. The highest BCUT2D eigenvalue weighted by molar-refractivity contribution is 6.31. The fourth-order valence-electron chi connectivity index (χ4n) is 1.86. The Hall–Kier alpha value is -1.39. The van der Waals surface area contributed by atoms with Gasteiger partial charge in [0.25, 0.3) is 0 Å². The molecule has 1 N–H and O–H groups in total. The van der Waals surface area contributed by atoms with E-state index >= 15 is 0 Å². The van der Waals surface area contributed by atoms with Gasteiger partial charge < -0.3 is 5.32 Å². The maximum absolute atomic E-state index is 6.16.